The van der Waals surface area contributed by atoms with Crippen molar-refractivity contribution in [3.05, 3.63) is 66.0 Å². The van der Waals surface area contributed by atoms with E-state index in [1.54, 1.807) is 23.4 Å². The lowest BCUT2D eigenvalue weighted by Crippen LogP contribution is -2.32. The summed E-state index contributed by atoms with van der Waals surface area (Å²) in [6.07, 6.45) is 3.27. The highest BCUT2D eigenvalue weighted by atomic mass is 16.2. The number of benzene rings is 1. The van der Waals surface area contributed by atoms with Crippen molar-refractivity contribution in [1.82, 2.24) is 9.88 Å². The third-order valence-corrected chi connectivity index (χ3v) is 3.03. The third kappa shape index (κ3) is 3.21. The molecule has 0 radical (unpaired) electrons. The molecular weight excluding hydrogens is 250 g/mol. The smallest absolute Gasteiger partial charge is 0.221 e. The zero-order valence-corrected chi connectivity index (χ0v) is 11.2. The standard InChI is InChI=1S/C16H15N3O/c1-13(20)19(12-14-6-3-2-4-7-14)16(10-17)15-8-5-9-18-11-15/h2-9,11,16H,12H2,1H3. The minimum absolute atomic E-state index is 0.135. The molecule has 0 N–H and O–H groups in total. The van der Waals surface area contributed by atoms with Crippen LogP contribution in [0.15, 0.2) is 54.9 Å². The van der Waals surface area contributed by atoms with E-state index in [0.717, 1.165) is 11.1 Å². The molecule has 1 heterocycles. The van der Waals surface area contributed by atoms with E-state index < -0.39 is 6.04 Å². The maximum atomic E-state index is 11.9. The summed E-state index contributed by atoms with van der Waals surface area (Å²) in [4.78, 5) is 17.4. The fourth-order valence-corrected chi connectivity index (χ4v) is 2.03. The number of carbonyl (C=O) groups excluding carboxylic acids is 1. The molecule has 0 aliphatic rings. The Morgan fingerprint density at radius 2 is 2.05 bits per heavy atom. The molecule has 0 spiro atoms. The monoisotopic (exact) mass is 265 g/mol. The first kappa shape index (κ1) is 13.8. The lowest BCUT2D eigenvalue weighted by molar-refractivity contribution is -0.130. The number of amides is 1. The van der Waals surface area contributed by atoms with Gasteiger partial charge in [-0.3, -0.25) is 9.78 Å². The van der Waals surface area contributed by atoms with Gasteiger partial charge >= 0.3 is 0 Å². The second-order valence-corrected chi connectivity index (χ2v) is 4.45. The summed E-state index contributed by atoms with van der Waals surface area (Å²) in [5, 5.41) is 9.41. The molecule has 20 heavy (non-hydrogen) atoms. The number of nitrogens with zero attached hydrogens (tertiary/aromatic N) is 3. The van der Waals surface area contributed by atoms with Crippen LogP contribution in [0.1, 0.15) is 24.1 Å². The predicted molar refractivity (Wildman–Crippen MR) is 75.3 cm³/mol. The summed E-state index contributed by atoms with van der Waals surface area (Å²) < 4.78 is 0. The van der Waals surface area contributed by atoms with Gasteiger partial charge in [0.05, 0.1) is 6.07 Å². The Labute approximate surface area is 118 Å². The van der Waals surface area contributed by atoms with Crippen LogP contribution in [0, 0.1) is 11.3 Å². The molecule has 1 amide bonds. The Morgan fingerprint density at radius 1 is 1.30 bits per heavy atom. The van der Waals surface area contributed by atoms with Gasteiger partial charge in [0.25, 0.3) is 0 Å². The summed E-state index contributed by atoms with van der Waals surface area (Å²) in [5.74, 6) is -0.135. The minimum atomic E-state index is -0.624. The SMILES string of the molecule is CC(=O)N(Cc1ccccc1)C(C#N)c1cccnc1. The summed E-state index contributed by atoms with van der Waals surface area (Å²) >= 11 is 0. The van der Waals surface area contributed by atoms with Crippen LogP contribution in [0.3, 0.4) is 0 Å². The van der Waals surface area contributed by atoms with E-state index >= 15 is 0 Å². The second kappa shape index (κ2) is 6.48. The third-order valence-electron chi connectivity index (χ3n) is 3.03. The van der Waals surface area contributed by atoms with Gasteiger partial charge in [-0.1, -0.05) is 36.4 Å². The van der Waals surface area contributed by atoms with Gasteiger partial charge in [0.2, 0.25) is 5.91 Å². The minimum Gasteiger partial charge on any atom is -0.318 e. The van der Waals surface area contributed by atoms with Crippen LogP contribution in [-0.4, -0.2) is 15.8 Å². The Kier molecular flexibility index (Phi) is 4.46. The fourth-order valence-electron chi connectivity index (χ4n) is 2.03. The van der Waals surface area contributed by atoms with E-state index in [-0.39, 0.29) is 5.91 Å². The zero-order valence-electron chi connectivity index (χ0n) is 11.2. The van der Waals surface area contributed by atoms with Crippen molar-refractivity contribution in [2.45, 2.75) is 19.5 Å². The van der Waals surface area contributed by atoms with Crippen molar-refractivity contribution in [2.75, 3.05) is 0 Å². The quantitative estimate of drug-likeness (QED) is 0.854. The number of pyridine rings is 1. The van der Waals surface area contributed by atoms with Crippen molar-refractivity contribution < 1.29 is 4.79 Å². The van der Waals surface area contributed by atoms with Gasteiger partial charge in [0.15, 0.2) is 0 Å². The van der Waals surface area contributed by atoms with Crippen LogP contribution < -0.4 is 0 Å². The van der Waals surface area contributed by atoms with E-state index in [2.05, 4.69) is 11.1 Å². The summed E-state index contributed by atoms with van der Waals surface area (Å²) in [7, 11) is 0. The lowest BCUT2D eigenvalue weighted by atomic mass is 10.1. The van der Waals surface area contributed by atoms with Crippen molar-refractivity contribution in [3.63, 3.8) is 0 Å². The molecular formula is C16H15N3O. The summed E-state index contributed by atoms with van der Waals surface area (Å²) in [6.45, 7) is 1.88. The number of carbonyl (C=O) groups is 1. The van der Waals surface area contributed by atoms with Gasteiger partial charge in [-0.2, -0.15) is 5.26 Å². The average molecular weight is 265 g/mol. The van der Waals surface area contributed by atoms with Gasteiger partial charge in [-0.25, -0.2) is 0 Å². The van der Waals surface area contributed by atoms with E-state index in [1.807, 2.05) is 36.4 Å². The molecule has 2 rings (SSSR count). The highest BCUT2D eigenvalue weighted by Gasteiger charge is 2.22. The molecule has 100 valence electrons. The van der Waals surface area contributed by atoms with Gasteiger partial charge < -0.3 is 4.90 Å². The highest BCUT2D eigenvalue weighted by Crippen LogP contribution is 2.21. The lowest BCUT2D eigenvalue weighted by Gasteiger charge is -2.26. The van der Waals surface area contributed by atoms with E-state index in [0.29, 0.717) is 6.54 Å². The number of rotatable bonds is 4. The number of hydrogen-bond acceptors (Lipinski definition) is 3. The molecule has 2 aromatic rings. The average Bonchev–Trinajstić information content (AvgIpc) is 2.49. The van der Waals surface area contributed by atoms with Crippen LogP contribution in [0.25, 0.3) is 0 Å². The van der Waals surface area contributed by atoms with Crippen molar-refractivity contribution >= 4 is 5.91 Å². The first-order valence-corrected chi connectivity index (χ1v) is 6.33. The van der Waals surface area contributed by atoms with Crippen molar-refractivity contribution in [2.24, 2.45) is 0 Å². The molecule has 1 atom stereocenters. The molecule has 0 saturated heterocycles. The largest absolute Gasteiger partial charge is 0.318 e. The van der Waals surface area contributed by atoms with Crippen LogP contribution in [-0.2, 0) is 11.3 Å². The molecule has 1 aromatic carbocycles. The molecule has 0 bridgehead atoms. The predicted octanol–water partition coefficient (Wildman–Crippen LogP) is 2.69. The molecule has 1 aromatic heterocycles. The highest BCUT2D eigenvalue weighted by molar-refractivity contribution is 5.74. The molecule has 0 aliphatic heterocycles. The number of hydrogen-bond donors (Lipinski definition) is 0. The summed E-state index contributed by atoms with van der Waals surface area (Å²) in [5.41, 5.74) is 1.72. The Bertz CT molecular complexity index is 605. The van der Waals surface area contributed by atoms with Gasteiger partial charge in [0, 0.05) is 31.4 Å². The molecule has 4 nitrogen and oxygen atoms in total. The van der Waals surface area contributed by atoms with Crippen molar-refractivity contribution in [3.8, 4) is 6.07 Å². The molecule has 1 unspecified atom stereocenters. The number of nitriles is 1. The molecule has 4 heteroatoms. The topological polar surface area (TPSA) is 57.0 Å². The molecule has 0 aliphatic carbocycles. The Hall–Kier alpha value is -2.67. The Morgan fingerprint density at radius 3 is 2.60 bits per heavy atom. The van der Waals surface area contributed by atoms with Gasteiger partial charge in [0.1, 0.15) is 6.04 Å². The first-order chi connectivity index (χ1) is 9.72. The zero-order chi connectivity index (χ0) is 14.4. The van der Waals surface area contributed by atoms with Gasteiger partial charge in [-0.05, 0) is 11.6 Å². The second-order valence-electron chi connectivity index (χ2n) is 4.45. The first-order valence-electron chi connectivity index (χ1n) is 6.33. The van der Waals surface area contributed by atoms with Gasteiger partial charge in [-0.15, -0.1) is 0 Å². The maximum Gasteiger partial charge on any atom is 0.221 e. The summed E-state index contributed by atoms with van der Waals surface area (Å²) in [6, 6.07) is 14.8. The van der Waals surface area contributed by atoms with Crippen LogP contribution in [0.4, 0.5) is 0 Å². The maximum absolute atomic E-state index is 11.9. The number of aromatic nitrogens is 1. The van der Waals surface area contributed by atoms with Crippen LogP contribution in [0.2, 0.25) is 0 Å². The van der Waals surface area contributed by atoms with E-state index in [4.69, 9.17) is 0 Å². The fraction of sp³-hybridized carbons (Fsp3) is 0.188. The van der Waals surface area contributed by atoms with E-state index in [9.17, 15) is 10.1 Å². The normalized spacial score (nSPS) is 11.4. The molecule has 0 saturated carbocycles. The molecule has 0 fully saturated rings. The van der Waals surface area contributed by atoms with Crippen LogP contribution >= 0.6 is 0 Å². The van der Waals surface area contributed by atoms with Crippen molar-refractivity contribution in [1.29, 1.82) is 5.26 Å². The van der Waals surface area contributed by atoms with Crippen LogP contribution in [0.5, 0.6) is 0 Å². The Balaban J connectivity index is 2.28. The van der Waals surface area contributed by atoms with E-state index in [1.165, 1.54) is 6.92 Å².